The highest BCUT2D eigenvalue weighted by molar-refractivity contribution is 5.79. The third-order valence-corrected chi connectivity index (χ3v) is 2.10. The Morgan fingerprint density at radius 1 is 1.62 bits per heavy atom. The Bertz CT molecular complexity index is 148. The normalized spacial score (nSPS) is 14.5. The van der Waals surface area contributed by atoms with Gasteiger partial charge in [0.1, 0.15) is 5.84 Å². The van der Waals surface area contributed by atoms with Gasteiger partial charge in [0.15, 0.2) is 0 Å². The number of hydrogen-bond acceptors (Lipinski definition) is 3. The van der Waals surface area contributed by atoms with Crippen molar-refractivity contribution in [2.75, 3.05) is 13.1 Å². The minimum Gasteiger partial charge on any atom is -0.409 e. The van der Waals surface area contributed by atoms with E-state index in [0.717, 1.165) is 25.4 Å². The number of rotatable bonds is 7. The Kier molecular flexibility index (Phi) is 7.39. The van der Waals surface area contributed by atoms with E-state index in [0.29, 0.717) is 12.3 Å². The van der Waals surface area contributed by atoms with E-state index < -0.39 is 0 Å². The highest BCUT2D eigenvalue weighted by Gasteiger charge is 1.97. The van der Waals surface area contributed by atoms with Gasteiger partial charge < -0.3 is 16.3 Å². The number of nitrogens with zero attached hydrogens (tertiary/aromatic N) is 1. The van der Waals surface area contributed by atoms with Gasteiger partial charge in [-0.3, -0.25) is 0 Å². The first kappa shape index (κ1) is 12.2. The van der Waals surface area contributed by atoms with E-state index in [1.54, 1.807) is 0 Å². The van der Waals surface area contributed by atoms with Gasteiger partial charge in [-0.05, 0) is 25.4 Å². The molecule has 1 unspecified atom stereocenters. The lowest BCUT2D eigenvalue weighted by Gasteiger charge is -2.09. The van der Waals surface area contributed by atoms with E-state index >= 15 is 0 Å². The second-order valence-electron chi connectivity index (χ2n) is 3.41. The molecule has 4 nitrogen and oxygen atoms in total. The Hall–Kier alpha value is -0.770. The highest BCUT2D eigenvalue weighted by Crippen LogP contribution is 1.97. The first-order valence-electron chi connectivity index (χ1n) is 4.87. The third kappa shape index (κ3) is 7.59. The smallest absolute Gasteiger partial charge is 0.139 e. The molecule has 0 aliphatic carbocycles. The molecule has 1 atom stereocenters. The van der Waals surface area contributed by atoms with Crippen LogP contribution in [0.3, 0.4) is 0 Å². The van der Waals surface area contributed by atoms with Gasteiger partial charge >= 0.3 is 0 Å². The van der Waals surface area contributed by atoms with Crippen molar-refractivity contribution in [3.63, 3.8) is 0 Å². The number of hydrogen-bond donors (Lipinski definition) is 3. The fourth-order valence-corrected chi connectivity index (χ4v) is 0.937. The molecule has 0 heterocycles. The average molecular weight is 187 g/mol. The van der Waals surface area contributed by atoms with Gasteiger partial charge in [-0.1, -0.05) is 25.4 Å². The quantitative estimate of drug-likeness (QED) is 0.184. The molecule has 0 aromatic heterocycles. The van der Waals surface area contributed by atoms with Crippen LogP contribution >= 0.6 is 0 Å². The number of nitrogens with two attached hydrogens (primary N) is 1. The van der Waals surface area contributed by atoms with E-state index in [9.17, 15) is 0 Å². The predicted molar refractivity (Wildman–Crippen MR) is 55.0 cm³/mol. The van der Waals surface area contributed by atoms with Crippen LogP contribution in [0.25, 0.3) is 0 Å². The van der Waals surface area contributed by atoms with Crippen molar-refractivity contribution >= 4 is 5.84 Å². The first-order valence-corrected chi connectivity index (χ1v) is 4.87. The molecule has 13 heavy (non-hydrogen) atoms. The van der Waals surface area contributed by atoms with Crippen molar-refractivity contribution in [3.8, 4) is 0 Å². The van der Waals surface area contributed by atoms with Gasteiger partial charge in [0.25, 0.3) is 0 Å². The van der Waals surface area contributed by atoms with Crippen molar-refractivity contribution in [1.82, 2.24) is 5.32 Å². The second kappa shape index (κ2) is 7.86. The summed E-state index contributed by atoms with van der Waals surface area (Å²) < 4.78 is 0. The maximum absolute atomic E-state index is 8.26. The van der Waals surface area contributed by atoms with Crippen LogP contribution in [0.2, 0.25) is 0 Å². The molecular formula is C9H21N3O. The second-order valence-corrected chi connectivity index (χ2v) is 3.41. The van der Waals surface area contributed by atoms with Crippen LogP contribution < -0.4 is 11.1 Å². The highest BCUT2D eigenvalue weighted by atomic mass is 16.4. The summed E-state index contributed by atoms with van der Waals surface area (Å²) in [5, 5.41) is 14.5. The summed E-state index contributed by atoms with van der Waals surface area (Å²) in [5.74, 6) is 1.04. The summed E-state index contributed by atoms with van der Waals surface area (Å²) >= 11 is 0. The van der Waals surface area contributed by atoms with Gasteiger partial charge in [-0.25, -0.2) is 0 Å². The monoisotopic (exact) mass is 187 g/mol. The molecule has 0 amide bonds. The van der Waals surface area contributed by atoms with Crippen molar-refractivity contribution < 1.29 is 5.21 Å². The Balaban J connectivity index is 3.17. The predicted octanol–water partition coefficient (Wildman–Crippen LogP) is 1.15. The summed E-state index contributed by atoms with van der Waals surface area (Å²) in [6.45, 7) is 6.38. The van der Waals surface area contributed by atoms with E-state index in [4.69, 9.17) is 10.9 Å². The fourth-order valence-electron chi connectivity index (χ4n) is 0.937. The molecule has 0 aromatic carbocycles. The van der Waals surface area contributed by atoms with Crippen LogP contribution in [0.1, 0.15) is 33.1 Å². The molecule has 4 N–H and O–H groups in total. The molecule has 4 heteroatoms. The van der Waals surface area contributed by atoms with E-state index in [1.807, 2.05) is 0 Å². The van der Waals surface area contributed by atoms with Gasteiger partial charge in [0.05, 0.1) is 0 Å². The molecule has 0 saturated carbocycles. The van der Waals surface area contributed by atoms with E-state index in [1.165, 1.54) is 6.42 Å². The largest absolute Gasteiger partial charge is 0.409 e. The summed E-state index contributed by atoms with van der Waals surface area (Å²) in [6, 6.07) is 0. The summed E-state index contributed by atoms with van der Waals surface area (Å²) in [7, 11) is 0. The minimum absolute atomic E-state index is 0.310. The molecular weight excluding hydrogens is 166 g/mol. The number of amidine groups is 1. The van der Waals surface area contributed by atoms with Crippen molar-refractivity contribution in [2.24, 2.45) is 16.8 Å². The molecule has 0 spiro atoms. The summed E-state index contributed by atoms with van der Waals surface area (Å²) in [4.78, 5) is 0. The molecule has 0 rings (SSSR count). The van der Waals surface area contributed by atoms with Crippen molar-refractivity contribution in [2.45, 2.75) is 33.1 Å². The average Bonchev–Trinajstić information content (AvgIpc) is 2.16. The molecule has 78 valence electrons. The van der Waals surface area contributed by atoms with Gasteiger partial charge in [0.2, 0.25) is 0 Å². The maximum Gasteiger partial charge on any atom is 0.139 e. The topological polar surface area (TPSA) is 70.6 Å². The fraction of sp³-hybridized carbons (Fsp3) is 0.889. The molecule has 0 radical (unpaired) electrons. The molecule has 0 saturated heterocycles. The number of oxime groups is 1. The lowest BCUT2D eigenvalue weighted by atomic mass is 10.1. The third-order valence-electron chi connectivity index (χ3n) is 2.10. The van der Waals surface area contributed by atoms with Crippen LogP contribution in [0.15, 0.2) is 5.16 Å². The molecule has 0 aliphatic rings. The lowest BCUT2D eigenvalue weighted by Crippen LogP contribution is -2.23. The van der Waals surface area contributed by atoms with Crippen molar-refractivity contribution in [1.29, 1.82) is 0 Å². The van der Waals surface area contributed by atoms with Crippen LogP contribution in [0.4, 0.5) is 0 Å². The standard InChI is InChI=1S/C9H21N3O/c1-3-8(2)7-11-6-4-5-9(10)12-13/h8,11,13H,3-7H2,1-2H3,(H2,10,12). The number of nitrogens with one attached hydrogen (secondary N) is 1. The minimum atomic E-state index is 0.310. The first-order chi connectivity index (χ1) is 6.20. The lowest BCUT2D eigenvalue weighted by molar-refractivity contribution is 0.316. The van der Waals surface area contributed by atoms with Crippen LogP contribution in [0, 0.1) is 5.92 Å². The molecule has 0 aliphatic heterocycles. The SMILES string of the molecule is CCC(C)CNCCCC(N)=NO. The summed E-state index contributed by atoms with van der Waals surface area (Å²) in [5.41, 5.74) is 5.31. The van der Waals surface area contributed by atoms with Crippen LogP contribution in [-0.2, 0) is 0 Å². The zero-order valence-electron chi connectivity index (χ0n) is 8.58. The maximum atomic E-state index is 8.26. The Labute approximate surface area is 80.2 Å². The zero-order valence-corrected chi connectivity index (χ0v) is 8.58. The Morgan fingerprint density at radius 2 is 2.31 bits per heavy atom. The van der Waals surface area contributed by atoms with Crippen LogP contribution in [0.5, 0.6) is 0 Å². The van der Waals surface area contributed by atoms with E-state index in [-0.39, 0.29) is 0 Å². The van der Waals surface area contributed by atoms with Gasteiger partial charge in [0, 0.05) is 6.42 Å². The molecule has 0 bridgehead atoms. The van der Waals surface area contributed by atoms with Gasteiger partial charge in [-0.15, -0.1) is 0 Å². The van der Waals surface area contributed by atoms with Crippen molar-refractivity contribution in [3.05, 3.63) is 0 Å². The zero-order chi connectivity index (χ0) is 10.1. The molecule has 0 aromatic rings. The molecule has 0 fully saturated rings. The van der Waals surface area contributed by atoms with Crippen LogP contribution in [-0.4, -0.2) is 24.1 Å². The van der Waals surface area contributed by atoms with Gasteiger partial charge in [-0.2, -0.15) is 0 Å². The van der Waals surface area contributed by atoms with E-state index in [2.05, 4.69) is 24.3 Å². The Morgan fingerprint density at radius 3 is 2.85 bits per heavy atom. The summed E-state index contributed by atoms with van der Waals surface area (Å²) in [6.07, 6.45) is 2.78.